The van der Waals surface area contributed by atoms with Crippen LogP contribution in [0, 0.1) is 15.9 Å². The molecule has 0 saturated heterocycles. The van der Waals surface area contributed by atoms with Gasteiger partial charge in [-0.25, -0.2) is 0 Å². The number of ether oxygens (including phenoxy) is 1. The van der Waals surface area contributed by atoms with Crippen LogP contribution >= 0.6 is 11.6 Å². The highest BCUT2D eigenvalue weighted by Gasteiger charge is 2.15. The maximum Gasteiger partial charge on any atom is 0.305 e. The molecule has 0 amide bonds. The first-order valence-electron chi connectivity index (χ1n) is 5.62. The van der Waals surface area contributed by atoms with Crippen LogP contribution in [-0.4, -0.2) is 4.92 Å². The lowest BCUT2D eigenvalue weighted by atomic mass is 10.2. The van der Waals surface area contributed by atoms with Crippen LogP contribution in [0.3, 0.4) is 0 Å². The highest BCUT2D eigenvalue weighted by atomic mass is 35.5. The predicted octanol–water partition coefficient (Wildman–Crippen LogP) is 3.64. The molecule has 5 nitrogen and oxygen atoms in total. The minimum Gasteiger partial charge on any atom is -0.457 e. The summed E-state index contributed by atoms with van der Waals surface area (Å²) in [4.78, 5) is 9.73. The summed E-state index contributed by atoms with van der Waals surface area (Å²) in [7, 11) is 0. The number of nitro benzene ring substituents is 1. The molecule has 0 spiro atoms. The summed E-state index contributed by atoms with van der Waals surface area (Å²) in [6, 6.07) is 8.25. The van der Waals surface area contributed by atoms with E-state index in [0.717, 1.165) is 12.1 Å². The molecule has 0 aliphatic heterocycles. The highest BCUT2D eigenvalue weighted by Crippen LogP contribution is 2.31. The van der Waals surface area contributed by atoms with Crippen LogP contribution in [0.4, 0.5) is 10.1 Å². The Hall–Kier alpha value is -2.18. The van der Waals surface area contributed by atoms with Gasteiger partial charge in [-0.1, -0.05) is 17.7 Å². The summed E-state index contributed by atoms with van der Waals surface area (Å²) in [5.74, 6) is -0.456. The van der Waals surface area contributed by atoms with E-state index in [1.54, 1.807) is 18.2 Å². The lowest BCUT2D eigenvalue weighted by Crippen LogP contribution is -2.00. The van der Waals surface area contributed by atoms with Crippen molar-refractivity contribution in [3.63, 3.8) is 0 Å². The molecule has 0 aliphatic rings. The molecule has 0 unspecified atom stereocenters. The number of benzene rings is 2. The summed E-state index contributed by atoms with van der Waals surface area (Å²) in [6.45, 7) is 0.157. The Morgan fingerprint density at radius 3 is 2.70 bits per heavy atom. The van der Waals surface area contributed by atoms with Gasteiger partial charge in [-0.05, 0) is 18.2 Å². The second-order valence-electron chi connectivity index (χ2n) is 3.89. The van der Waals surface area contributed by atoms with E-state index in [4.69, 9.17) is 22.1 Å². The number of halogens is 2. The molecule has 0 aromatic heterocycles. The van der Waals surface area contributed by atoms with Gasteiger partial charge in [0.05, 0.1) is 4.92 Å². The van der Waals surface area contributed by atoms with E-state index in [9.17, 15) is 14.5 Å². The van der Waals surface area contributed by atoms with E-state index in [-0.39, 0.29) is 12.3 Å². The summed E-state index contributed by atoms with van der Waals surface area (Å²) in [6.07, 6.45) is 0. The average molecular weight is 297 g/mol. The normalized spacial score (nSPS) is 10.3. The van der Waals surface area contributed by atoms with Gasteiger partial charge >= 0.3 is 5.69 Å². The van der Waals surface area contributed by atoms with Crippen molar-refractivity contribution in [1.82, 2.24) is 0 Å². The molecule has 7 heteroatoms. The van der Waals surface area contributed by atoms with Crippen molar-refractivity contribution in [2.24, 2.45) is 5.73 Å². The third kappa shape index (κ3) is 2.87. The van der Waals surface area contributed by atoms with Crippen LogP contribution in [0.25, 0.3) is 0 Å². The smallest absolute Gasteiger partial charge is 0.305 e. The fraction of sp³-hybridized carbons (Fsp3) is 0.0769. The summed E-state index contributed by atoms with van der Waals surface area (Å²) < 4.78 is 19.0. The Bertz CT molecular complexity index is 664. The fourth-order valence-corrected chi connectivity index (χ4v) is 1.90. The first-order valence-corrected chi connectivity index (χ1v) is 6.00. The number of hydrogen-bond donors (Lipinski definition) is 1. The van der Waals surface area contributed by atoms with Crippen molar-refractivity contribution >= 4 is 17.3 Å². The van der Waals surface area contributed by atoms with Gasteiger partial charge in [0.25, 0.3) is 0 Å². The lowest BCUT2D eigenvalue weighted by molar-refractivity contribution is -0.387. The largest absolute Gasteiger partial charge is 0.457 e. The zero-order chi connectivity index (χ0) is 14.7. The first kappa shape index (κ1) is 14.2. The molecule has 2 rings (SSSR count). The molecular formula is C13H10ClFN2O3. The van der Waals surface area contributed by atoms with Crippen LogP contribution in [0.2, 0.25) is 5.02 Å². The zero-order valence-corrected chi connectivity index (χ0v) is 10.9. The number of rotatable bonds is 4. The minimum atomic E-state index is -0.969. The minimum absolute atomic E-state index is 0.130. The number of nitrogens with two attached hydrogens (primary N) is 1. The Balaban J connectivity index is 2.34. The van der Waals surface area contributed by atoms with Crippen LogP contribution in [-0.2, 0) is 6.54 Å². The quantitative estimate of drug-likeness (QED) is 0.690. The fourth-order valence-electron chi connectivity index (χ4n) is 1.66. The van der Waals surface area contributed by atoms with E-state index in [1.165, 1.54) is 6.07 Å². The van der Waals surface area contributed by atoms with Gasteiger partial charge in [-0.15, -0.1) is 0 Å². The average Bonchev–Trinajstić information content (AvgIpc) is 2.38. The third-order valence-corrected chi connectivity index (χ3v) is 2.98. The van der Waals surface area contributed by atoms with E-state index in [2.05, 4.69) is 0 Å². The van der Waals surface area contributed by atoms with Crippen molar-refractivity contribution in [2.75, 3.05) is 0 Å². The summed E-state index contributed by atoms with van der Waals surface area (Å²) in [5, 5.41) is 11.0. The van der Waals surface area contributed by atoms with E-state index in [0.29, 0.717) is 16.3 Å². The Kier molecular flexibility index (Phi) is 4.16. The maximum absolute atomic E-state index is 13.5. The van der Waals surface area contributed by atoms with Gasteiger partial charge in [0, 0.05) is 29.3 Å². The van der Waals surface area contributed by atoms with Crippen molar-refractivity contribution in [3.05, 3.63) is 62.9 Å². The van der Waals surface area contributed by atoms with Gasteiger partial charge in [0.2, 0.25) is 5.82 Å². The SMILES string of the molecule is NCc1c(Cl)cccc1Oc1ccc([N+](=O)[O-])c(F)c1. The summed E-state index contributed by atoms with van der Waals surface area (Å²) in [5.41, 5.74) is 5.54. The highest BCUT2D eigenvalue weighted by molar-refractivity contribution is 6.31. The number of nitrogens with zero attached hydrogens (tertiary/aromatic N) is 1. The van der Waals surface area contributed by atoms with Crippen LogP contribution in [0.1, 0.15) is 5.56 Å². The molecule has 0 bridgehead atoms. The van der Waals surface area contributed by atoms with Crippen molar-refractivity contribution in [1.29, 1.82) is 0 Å². The molecular weight excluding hydrogens is 287 g/mol. The predicted molar refractivity (Wildman–Crippen MR) is 72.5 cm³/mol. The standard InChI is InChI=1S/C13H10ClFN2O3/c14-10-2-1-3-13(9(10)7-16)20-8-4-5-12(17(18)19)11(15)6-8/h1-6H,7,16H2. The molecule has 2 N–H and O–H groups in total. The molecule has 0 aliphatic carbocycles. The topological polar surface area (TPSA) is 78.4 Å². The van der Waals surface area contributed by atoms with Crippen molar-refractivity contribution in [2.45, 2.75) is 6.54 Å². The van der Waals surface area contributed by atoms with Crippen LogP contribution < -0.4 is 10.5 Å². The van der Waals surface area contributed by atoms with Crippen LogP contribution in [0.5, 0.6) is 11.5 Å². The summed E-state index contributed by atoms with van der Waals surface area (Å²) >= 11 is 5.97. The molecule has 104 valence electrons. The van der Waals surface area contributed by atoms with Crippen molar-refractivity contribution < 1.29 is 14.1 Å². The Morgan fingerprint density at radius 1 is 1.35 bits per heavy atom. The maximum atomic E-state index is 13.5. The number of nitro groups is 1. The molecule has 0 heterocycles. The molecule has 2 aromatic rings. The van der Waals surface area contributed by atoms with Gasteiger partial charge in [-0.2, -0.15) is 4.39 Å². The monoisotopic (exact) mass is 296 g/mol. The third-order valence-electron chi connectivity index (χ3n) is 2.62. The van der Waals surface area contributed by atoms with Gasteiger partial charge < -0.3 is 10.5 Å². The molecule has 0 fully saturated rings. The number of hydrogen-bond acceptors (Lipinski definition) is 4. The van der Waals surface area contributed by atoms with Gasteiger partial charge in [-0.3, -0.25) is 10.1 Å². The lowest BCUT2D eigenvalue weighted by Gasteiger charge is -2.11. The molecule has 0 atom stereocenters. The van der Waals surface area contributed by atoms with Crippen molar-refractivity contribution in [3.8, 4) is 11.5 Å². The Morgan fingerprint density at radius 2 is 2.10 bits per heavy atom. The van der Waals surface area contributed by atoms with Gasteiger partial charge in [0.1, 0.15) is 11.5 Å². The van der Waals surface area contributed by atoms with E-state index in [1.807, 2.05) is 0 Å². The molecule has 20 heavy (non-hydrogen) atoms. The first-order chi connectivity index (χ1) is 9.52. The molecule has 0 saturated carbocycles. The second-order valence-corrected chi connectivity index (χ2v) is 4.30. The van der Waals surface area contributed by atoms with Gasteiger partial charge in [0.15, 0.2) is 0 Å². The van der Waals surface area contributed by atoms with Crippen LogP contribution in [0.15, 0.2) is 36.4 Å². The van der Waals surface area contributed by atoms with E-state index >= 15 is 0 Å². The van der Waals surface area contributed by atoms with E-state index < -0.39 is 16.4 Å². The second kappa shape index (κ2) is 5.85. The zero-order valence-electron chi connectivity index (χ0n) is 10.2. The molecule has 0 radical (unpaired) electrons. The Labute approximate surface area is 118 Å². The molecule has 2 aromatic carbocycles.